The minimum Gasteiger partial charge on any atom is -0.399 e. The van der Waals surface area contributed by atoms with Crippen molar-refractivity contribution in [3.8, 4) is 0 Å². The summed E-state index contributed by atoms with van der Waals surface area (Å²) < 4.78 is 27.3. The van der Waals surface area contributed by atoms with Crippen molar-refractivity contribution in [2.24, 2.45) is 7.05 Å². The molecule has 0 saturated heterocycles. The van der Waals surface area contributed by atoms with Gasteiger partial charge in [-0.05, 0) is 18.2 Å². The number of anilines is 2. The van der Waals surface area contributed by atoms with E-state index in [0.717, 1.165) is 0 Å². The molecule has 1 aromatic carbocycles. The lowest BCUT2D eigenvalue weighted by atomic mass is 10.1. The third-order valence-corrected chi connectivity index (χ3v) is 2.62. The molecular formula is C12H15F2N5. The SMILES string of the molecule is Cn1cnc(CCNc2ccc(N)cc2C(F)F)n1. The van der Waals surface area contributed by atoms with Crippen LogP contribution in [0.3, 0.4) is 0 Å². The second-order valence-corrected chi connectivity index (χ2v) is 4.16. The first-order chi connectivity index (χ1) is 9.06. The Balaban J connectivity index is 1.99. The summed E-state index contributed by atoms with van der Waals surface area (Å²) in [5.74, 6) is 0.670. The minimum absolute atomic E-state index is 0.0889. The number of hydrogen-bond acceptors (Lipinski definition) is 4. The maximum absolute atomic E-state index is 12.8. The number of nitrogens with one attached hydrogen (secondary N) is 1. The molecule has 3 N–H and O–H groups in total. The van der Waals surface area contributed by atoms with Gasteiger partial charge in [-0.15, -0.1) is 0 Å². The Labute approximate surface area is 109 Å². The number of nitrogen functional groups attached to an aromatic ring is 1. The van der Waals surface area contributed by atoms with Gasteiger partial charge in [-0.3, -0.25) is 4.68 Å². The summed E-state index contributed by atoms with van der Waals surface area (Å²) in [4.78, 5) is 4.06. The summed E-state index contributed by atoms with van der Waals surface area (Å²) in [5, 5.41) is 7.07. The van der Waals surface area contributed by atoms with E-state index < -0.39 is 6.43 Å². The van der Waals surface area contributed by atoms with Gasteiger partial charge in [-0.2, -0.15) is 5.10 Å². The second-order valence-electron chi connectivity index (χ2n) is 4.16. The Hall–Kier alpha value is -2.18. The predicted molar refractivity (Wildman–Crippen MR) is 69.0 cm³/mol. The van der Waals surface area contributed by atoms with E-state index in [1.54, 1.807) is 30.2 Å². The third kappa shape index (κ3) is 3.40. The normalized spacial score (nSPS) is 10.9. The number of halogens is 2. The van der Waals surface area contributed by atoms with Gasteiger partial charge < -0.3 is 11.1 Å². The minimum atomic E-state index is -2.56. The molecule has 0 saturated carbocycles. The van der Waals surface area contributed by atoms with Gasteiger partial charge in [0.2, 0.25) is 0 Å². The summed E-state index contributed by atoms with van der Waals surface area (Å²) >= 11 is 0. The van der Waals surface area contributed by atoms with Crippen LogP contribution in [0, 0.1) is 0 Å². The molecular weight excluding hydrogens is 252 g/mol. The number of rotatable bonds is 5. The van der Waals surface area contributed by atoms with E-state index in [1.807, 2.05) is 0 Å². The van der Waals surface area contributed by atoms with E-state index in [2.05, 4.69) is 15.4 Å². The van der Waals surface area contributed by atoms with Crippen molar-refractivity contribution in [3.63, 3.8) is 0 Å². The number of nitrogens with two attached hydrogens (primary N) is 1. The molecule has 0 radical (unpaired) electrons. The quantitative estimate of drug-likeness (QED) is 0.813. The number of nitrogens with zero attached hydrogens (tertiary/aromatic N) is 3. The topological polar surface area (TPSA) is 68.8 Å². The lowest BCUT2D eigenvalue weighted by molar-refractivity contribution is 0.152. The summed E-state index contributed by atoms with van der Waals surface area (Å²) in [5.41, 5.74) is 6.13. The van der Waals surface area contributed by atoms with Gasteiger partial charge in [0.25, 0.3) is 6.43 Å². The van der Waals surface area contributed by atoms with Gasteiger partial charge in [0.1, 0.15) is 6.33 Å². The van der Waals surface area contributed by atoms with Crippen LogP contribution >= 0.6 is 0 Å². The van der Waals surface area contributed by atoms with Crippen LogP contribution in [-0.4, -0.2) is 21.3 Å². The van der Waals surface area contributed by atoms with Gasteiger partial charge in [-0.1, -0.05) is 0 Å². The Kier molecular flexibility index (Phi) is 3.94. The maximum Gasteiger partial charge on any atom is 0.265 e. The molecule has 0 aliphatic rings. The highest BCUT2D eigenvalue weighted by Gasteiger charge is 2.13. The van der Waals surface area contributed by atoms with E-state index in [-0.39, 0.29) is 5.56 Å². The number of alkyl halides is 2. The fourth-order valence-corrected chi connectivity index (χ4v) is 1.73. The molecule has 2 rings (SSSR count). The molecule has 0 aliphatic carbocycles. The highest BCUT2D eigenvalue weighted by molar-refractivity contribution is 5.58. The molecule has 0 amide bonds. The number of aryl methyl sites for hydroxylation is 1. The lowest BCUT2D eigenvalue weighted by Gasteiger charge is -2.11. The number of benzene rings is 1. The summed E-state index contributed by atoms with van der Waals surface area (Å²) in [6, 6.07) is 4.43. The zero-order valence-corrected chi connectivity index (χ0v) is 10.5. The zero-order valence-electron chi connectivity index (χ0n) is 10.5. The number of hydrogen-bond donors (Lipinski definition) is 2. The van der Waals surface area contributed by atoms with Crippen LogP contribution in [0.15, 0.2) is 24.5 Å². The molecule has 0 spiro atoms. The van der Waals surface area contributed by atoms with Crippen LogP contribution in [0.5, 0.6) is 0 Å². The van der Waals surface area contributed by atoms with Crippen LogP contribution in [-0.2, 0) is 13.5 Å². The van der Waals surface area contributed by atoms with Gasteiger partial charge in [0, 0.05) is 37.0 Å². The van der Waals surface area contributed by atoms with Crippen molar-refractivity contribution in [2.45, 2.75) is 12.8 Å². The summed E-state index contributed by atoms with van der Waals surface area (Å²) in [6.45, 7) is 0.480. The Bertz CT molecular complexity index is 553. The molecule has 7 heteroatoms. The molecule has 0 fully saturated rings. The van der Waals surface area contributed by atoms with Crippen LogP contribution < -0.4 is 11.1 Å². The van der Waals surface area contributed by atoms with E-state index in [9.17, 15) is 8.78 Å². The molecule has 0 bridgehead atoms. The molecule has 0 aliphatic heterocycles. The molecule has 2 aromatic rings. The van der Waals surface area contributed by atoms with Crippen LogP contribution in [0.1, 0.15) is 17.8 Å². The van der Waals surface area contributed by atoms with Crippen molar-refractivity contribution in [2.75, 3.05) is 17.6 Å². The molecule has 1 aromatic heterocycles. The van der Waals surface area contributed by atoms with Crippen molar-refractivity contribution in [1.82, 2.24) is 14.8 Å². The molecule has 102 valence electrons. The highest BCUT2D eigenvalue weighted by atomic mass is 19.3. The summed E-state index contributed by atoms with van der Waals surface area (Å²) in [7, 11) is 1.78. The average molecular weight is 267 g/mol. The largest absolute Gasteiger partial charge is 0.399 e. The predicted octanol–water partition coefficient (Wildman–Crippen LogP) is 1.99. The third-order valence-electron chi connectivity index (χ3n) is 2.62. The van der Waals surface area contributed by atoms with E-state index in [0.29, 0.717) is 30.2 Å². The molecule has 5 nitrogen and oxygen atoms in total. The number of aromatic nitrogens is 3. The van der Waals surface area contributed by atoms with Crippen LogP contribution in [0.4, 0.5) is 20.2 Å². The van der Waals surface area contributed by atoms with E-state index >= 15 is 0 Å². The van der Waals surface area contributed by atoms with Crippen molar-refractivity contribution in [1.29, 1.82) is 0 Å². The van der Waals surface area contributed by atoms with Crippen molar-refractivity contribution in [3.05, 3.63) is 35.9 Å². The van der Waals surface area contributed by atoms with Crippen molar-refractivity contribution >= 4 is 11.4 Å². The van der Waals surface area contributed by atoms with Gasteiger partial charge in [0.15, 0.2) is 5.82 Å². The Morgan fingerprint density at radius 3 is 2.84 bits per heavy atom. The molecule has 0 atom stereocenters. The standard InChI is InChI=1S/C12H15F2N5/c1-19-7-17-11(18-19)4-5-16-10-3-2-8(15)6-9(10)12(13)14/h2-3,6-7,12,16H,4-5,15H2,1H3. The fourth-order valence-electron chi connectivity index (χ4n) is 1.73. The average Bonchev–Trinajstić information content (AvgIpc) is 2.77. The van der Waals surface area contributed by atoms with E-state index in [1.165, 1.54) is 6.07 Å². The first-order valence-corrected chi connectivity index (χ1v) is 5.82. The molecule has 1 heterocycles. The van der Waals surface area contributed by atoms with Crippen LogP contribution in [0.2, 0.25) is 0 Å². The monoisotopic (exact) mass is 267 g/mol. The molecule has 0 unspecified atom stereocenters. The van der Waals surface area contributed by atoms with Gasteiger partial charge in [0.05, 0.1) is 0 Å². The van der Waals surface area contributed by atoms with Gasteiger partial charge in [-0.25, -0.2) is 13.8 Å². The first kappa shape index (κ1) is 13.3. The smallest absolute Gasteiger partial charge is 0.265 e. The Morgan fingerprint density at radius 2 is 2.21 bits per heavy atom. The Morgan fingerprint density at radius 1 is 1.42 bits per heavy atom. The van der Waals surface area contributed by atoms with Gasteiger partial charge >= 0.3 is 0 Å². The highest BCUT2D eigenvalue weighted by Crippen LogP contribution is 2.28. The first-order valence-electron chi connectivity index (χ1n) is 5.82. The lowest BCUT2D eigenvalue weighted by Crippen LogP contribution is -2.08. The van der Waals surface area contributed by atoms with E-state index in [4.69, 9.17) is 5.73 Å². The maximum atomic E-state index is 12.8. The summed E-state index contributed by atoms with van der Waals surface area (Å²) in [6.07, 6.45) is -0.393. The van der Waals surface area contributed by atoms with Crippen LogP contribution in [0.25, 0.3) is 0 Å². The zero-order chi connectivity index (χ0) is 13.8. The molecule has 19 heavy (non-hydrogen) atoms. The fraction of sp³-hybridized carbons (Fsp3) is 0.333. The second kappa shape index (κ2) is 5.64. The van der Waals surface area contributed by atoms with Crippen molar-refractivity contribution < 1.29 is 8.78 Å².